The van der Waals surface area contributed by atoms with E-state index in [4.69, 9.17) is 5.84 Å². The van der Waals surface area contributed by atoms with Crippen molar-refractivity contribution in [1.29, 1.82) is 0 Å². The maximum Gasteiger partial charge on any atom is 0.417 e. The Balaban J connectivity index is 1.44. The number of nitrogens with zero attached hydrogens (tertiary/aromatic N) is 1. The molecule has 0 unspecified atom stereocenters. The van der Waals surface area contributed by atoms with Gasteiger partial charge in [0, 0.05) is 11.6 Å². The number of hydrogen-bond donors (Lipinski definition) is 2. The van der Waals surface area contributed by atoms with E-state index >= 15 is 0 Å². The van der Waals surface area contributed by atoms with E-state index in [0.29, 0.717) is 11.3 Å². The summed E-state index contributed by atoms with van der Waals surface area (Å²) in [7, 11) is 0. The molecule has 0 heterocycles. The molecule has 31 heavy (non-hydrogen) atoms. The number of benzene rings is 3. The lowest BCUT2D eigenvalue weighted by atomic mass is 9.99. The second-order valence-corrected chi connectivity index (χ2v) is 7.51. The SMILES string of the molecule is NN=Cc1cccc([C@H]2C[C@H]2C(=O)Nc2ccc(-c3ccccc3C(F)(F)F)cc2)c1. The highest BCUT2D eigenvalue weighted by atomic mass is 19.4. The molecule has 7 heteroatoms. The van der Waals surface area contributed by atoms with Crippen molar-refractivity contribution in [2.24, 2.45) is 16.9 Å². The van der Waals surface area contributed by atoms with Gasteiger partial charge >= 0.3 is 6.18 Å². The van der Waals surface area contributed by atoms with Crippen molar-refractivity contribution >= 4 is 17.8 Å². The zero-order valence-electron chi connectivity index (χ0n) is 16.4. The van der Waals surface area contributed by atoms with Crippen LogP contribution in [0.2, 0.25) is 0 Å². The van der Waals surface area contributed by atoms with Gasteiger partial charge in [0.25, 0.3) is 0 Å². The first-order valence-corrected chi connectivity index (χ1v) is 9.77. The van der Waals surface area contributed by atoms with Crippen LogP contribution in [0.3, 0.4) is 0 Å². The van der Waals surface area contributed by atoms with Crippen molar-refractivity contribution in [3.63, 3.8) is 0 Å². The average Bonchev–Trinajstić information content (AvgIpc) is 3.55. The smallest absolute Gasteiger partial charge is 0.326 e. The van der Waals surface area contributed by atoms with Gasteiger partial charge in [0.1, 0.15) is 0 Å². The van der Waals surface area contributed by atoms with Gasteiger partial charge in [-0.3, -0.25) is 4.79 Å². The molecule has 4 rings (SSSR count). The fraction of sp³-hybridized carbons (Fsp3) is 0.167. The summed E-state index contributed by atoms with van der Waals surface area (Å²) in [4.78, 5) is 12.6. The lowest BCUT2D eigenvalue weighted by Crippen LogP contribution is -2.14. The van der Waals surface area contributed by atoms with E-state index in [0.717, 1.165) is 23.6 Å². The molecule has 158 valence electrons. The van der Waals surface area contributed by atoms with Crippen LogP contribution in [-0.4, -0.2) is 12.1 Å². The molecular weight excluding hydrogens is 403 g/mol. The van der Waals surface area contributed by atoms with E-state index in [1.807, 2.05) is 24.3 Å². The Labute approximate surface area is 177 Å². The third-order valence-electron chi connectivity index (χ3n) is 5.39. The molecule has 4 nitrogen and oxygen atoms in total. The lowest BCUT2D eigenvalue weighted by Gasteiger charge is -2.13. The number of halogens is 3. The summed E-state index contributed by atoms with van der Waals surface area (Å²) in [5.74, 6) is 5.07. The highest BCUT2D eigenvalue weighted by molar-refractivity contribution is 5.95. The van der Waals surface area contributed by atoms with Crippen LogP contribution < -0.4 is 11.2 Å². The van der Waals surface area contributed by atoms with Gasteiger partial charge in [0.2, 0.25) is 5.91 Å². The highest BCUT2D eigenvalue weighted by Gasteiger charge is 2.44. The van der Waals surface area contributed by atoms with E-state index in [-0.39, 0.29) is 23.3 Å². The van der Waals surface area contributed by atoms with Crippen molar-refractivity contribution in [2.45, 2.75) is 18.5 Å². The molecule has 1 amide bonds. The second-order valence-electron chi connectivity index (χ2n) is 7.51. The fourth-order valence-corrected chi connectivity index (χ4v) is 3.76. The minimum atomic E-state index is -4.43. The summed E-state index contributed by atoms with van der Waals surface area (Å²) in [6, 6.07) is 19.6. The lowest BCUT2D eigenvalue weighted by molar-refractivity contribution is -0.137. The van der Waals surface area contributed by atoms with E-state index < -0.39 is 11.7 Å². The number of hydrazone groups is 1. The van der Waals surface area contributed by atoms with E-state index in [2.05, 4.69) is 10.4 Å². The minimum Gasteiger partial charge on any atom is -0.326 e. The van der Waals surface area contributed by atoms with E-state index in [1.165, 1.54) is 12.1 Å². The number of carbonyl (C=O) groups is 1. The summed E-state index contributed by atoms with van der Waals surface area (Å²) >= 11 is 0. The molecule has 1 saturated carbocycles. The highest BCUT2D eigenvalue weighted by Crippen LogP contribution is 2.48. The van der Waals surface area contributed by atoms with Crippen LogP contribution >= 0.6 is 0 Å². The zero-order chi connectivity index (χ0) is 22.0. The number of carbonyl (C=O) groups excluding carboxylic acids is 1. The number of rotatable bonds is 5. The van der Waals surface area contributed by atoms with Crippen LogP contribution in [-0.2, 0) is 11.0 Å². The van der Waals surface area contributed by atoms with Crippen molar-refractivity contribution in [1.82, 2.24) is 0 Å². The Hall–Kier alpha value is -3.61. The quantitative estimate of drug-likeness (QED) is 0.327. The van der Waals surface area contributed by atoms with Crippen LogP contribution in [0.15, 0.2) is 77.9 Å². The number of nitrogens with one attached hydrogen (secondary N) is 1. The van der Waals surface area contributed by atoms with Gasteiger partial charge in [0.05, 0.1) is 11.8 Å². The molecule has 1 aliphatic carbocycles. The topological polar surface area (TPSA) is 67.5 Å². The normalized spacial score (nSPS) is 18.2. The summed E-state index contributed by atoms with van der Waals surface area (Å²) in [6.07, 6.45) is -2.14. The predicted molar refractivity (Wildman–Crippen MR) is 115 cm³/mol. The van der Waals surface area contributed by atoms with Crippen molar-refractivity contribution < 1.29 is 18.0 Å². The Morgan fingerprint density at radius 3 is 2.48 bits per heavy atom. The Morgan fingerprint density at radius 1 is 1.03 bits per heavy atom. The fourth-order valence-electron chi connectivity index (χ4n) is 3.76. The van der Waals surface area contributed by atoms with E-state index in [9.17, 15) is 18.0 Å². The summed E-state index contributed by atoms with van der Waals surface area (Å²) < 4.78 is 39.8. The predicted octanol–water partition coefficient (Wildman–Crippen LogP) is 5.41. The zero-order valence-corrected chi connectivity index (χ0v) is 16.4. The molecule has 0 radical (unpaired) electrons. The molecule has 1 aliphatic rings. The molecule has 0 aromatic heterocycles. The van der Waals surface area contributed by atoms with Gasteiger partial charge in [-0.2, -0.15) is 18.3 Å². The van der Waals surface area contributed by atoms with Crippen LogP contribution in [0.1, 0.15) is 29.0 Å². The third kappa shape index (κ3) is 4.60. The molecule has 0 spiro atoms. The summed E-state index contributed by atoms with van der Waals surface area (Å²) in [5.41, 5.74) is 2.34. The van der Waals surface area contributed by atoms with Crippen molar-refractivity contribution in [2.75, 3.05) is 5.32 Å². The van der Waals surface area contributed by atoms with Gasteiger partial charge in [-0.1, -0.05) is 48.5 Å². The maximum atomic E-state index is 13.3. The summed E-state index contributed by atoms with van der Waals surface area (Å²) in [5, 5.41) is 6.38. The molecule has 2 atom stereocenters. The van der Waals surface area contributed by atoms with Gasteiger partial charge in [-0.15, -0.1) is 0 Å². The minimum absolute atomic E-state index is 0.105. The molecule has 0 bridgehead atoms. The van der Waals surface area contributed by atoms with Crippen molar-refractivity contribution in [3.8, 4) is 11.1 Å². The molecule has 0 saturated heterocycles. The van der Waals surface area contributed by atoms with Crippen LogP contribution in [0.5, 0.6) is 0 Å². The first-order chi connectivity index (χ1) is 14.9. The van der Waals surface area contributed by atoms with Crippen LogP contribution in [0.4, 0.5) is 18.9 Å². The van der Waals surface area contributed by atoms with Gasteiger partial charge in [-0.05, 0) is 58.9 Å². The van der Waals surface area contributed by atoms with E-state index in [1.54, 1.807) is 36.5 Å². The maximum absolute atomic E-state index is 13.3. The molecule has 1 fully saturated rings. The van der Waals surface area contributed by atoms with Crippen molar-refractivity contribution in [3.05, 3.63) is 89.5 Å². The molecule has 3 N–H and O–H groups in total. The van der Waals surface area contributed by atoms with Gasteiger partial charge < -0.3 is 11.2 Å². The molecule has 3 aromatic rings. The number of amides is 1. The van der Waals surface area contributed by atoms with Gasteiger partial charge in [0.15, 0.2) is 0 Å². The molecule has 3 aromatic carbocycles. The molecule has 0 aliphatic heterocycles. The Morgan fingerprint density at radius 2 is 1.77 bits per heavy atom. The number of nitrogens with two attached hydrogens (primary N) is 1. The number of anilines is 1. The Bertz CT molecular complexity index is 1120. The molecular formula is C24H20F3N3O. The van der Waals surface area contributed by atoms with Gasteiger partial charge in [-0.25, -0.2) is 0 Å². The second kappa shape index (κ2) is 8.26. The standard InChI is InChI=1S/C24H20F3N3O/c25-24(26,27)22-7-2-1-6-19(22)16-8-10-18(11-9-16)30-23(31)21-13-20(21)17-5-3-4-15(12-17)14-29-28/h1-12,14,20-21H,13,28H2,(H,30,31)/t20-,21-/m1/s1. The van der Waals surface area contributed by atoms with Crippen LogP contribution in [0, 0.1) is 5.92 Å². The summed E-state index contributed by atoms with van der Waals surface area (Å²) in [6.45, 7) is 0. The average molecular weight is 423 g/mol. The monoisotopic (exact) mass is 423 g/mol. The first kappa shape index (κ1) is 20.7. The van der Waals surface area contributed by atoms with Crippen LogP contribution in [0.25, 0.3) is 11.1 Å². The number of alkyl halides is 3. The largest absolute Gasteiger partial charge is 0.417 e. The number of hydrogen-bond acceptors (Lipinski definition) is 3. The third-order valence-corrected chi connectivity index (χ3v) is 5.39. The first-order valence-electron chi connectivity index (χ1n) is 9.77. The Kier molecular flexibility index (Phi) is 5.50.